The van der Waals surface area contributed by atoms with Crippen LogP contribution in [0, 0.1) is 0 Å². The van der Waals surface area contributed by atoms with Crippen molar-refractivity contribution >= 4 is 29.5 Å². The molecule has 2 aromatic carbocycles. The number of carbonyl (C=O) groups is 1. The minimum absolute atomic E-state index is 0.238. The second kappa shape index (κ2) is 10.1. The van der Waals surface area contributed by atoms with Crippen LogP contribution in [-0.4, -0.2) is 36.1 Å². The van der Waals surface area contributed by atoms with Gasteiger partial charge in [0.25, 0.3) is 0 Å². The lowest BCUT2D eigenvalue weighted by molar-refractivity contribution is 0.0697. The van der Waals surface area contributed by atoms with E-state index in [-0.39, 0.29) is 5.56 Å². The average molecular weight is 387 g/mol. The first-order valence-corrected chi connectivity index (χ1v) is 8.64. The van der Waals surface area contributed by atoms with Gasteiger partial charge in [0.2, 0.25) is 0 Å². The number of nitrogens with one attached hydrogen (secondary N) is 2. The van der Waals surface area contributed by atoms with Crippen LogP contribution in [0.1, 0.15) is 28.4 Å². The van der Waals surface area contributed by atoms with Crippen molar-refractivity contribution in [3.05, 3.63) is 59.2 Å². The summed E-state index contributed by atoms with van der Waals surface area (Å²) in [7, 11) is 1.56. The maximum absolute atomic E-state index is 10.9. The van der Waals surface area contributed by atoms with Gasteiger partial charge in [0, 0.05) is 6.54 Å². The molecule has 0 aliphatic carbocycles. The summed E-state index contributed by atoms with van der Waals surface area (Å²) in [4.78, 5) is 10.9. The van der Waals surface area contributed by atoms with Gasteiger partial charge in [-0.15, -0.1) is 0 Å². The van der Waals surface area contributed by atoms with E-state index in [4.69, 9.17) is 26.8 Å². The summed E-state index contributed by atoms with van der Waals surface area (Å²) in [6.07, 6.45) is 1.63. The van der Waals surface area contributed by atoms with Gasteiger partial charge in [-0.05, 0) is 60.6 Å². The Morgan fingerprint density at radius 1 is 1.22 bits per heavy atom. The highest BCUT2D eigenvalue weighted by molar-refractivity contribution is 7.80. The first-order chi connectivity index (χ1) is 13.0. The number of aromatic carboxylic acids is 1. The van der Waals surface area contributed by atoms with Crippen molar-refractivity contribution < 1.29 is 19.4 Å². The third-order valence-electron chi connectivity index (χ3n) is 3.50. The van der Waals surface area contributed by atoms with Crippen LogP contribution in [0.4, 0.5) is 0 Å². The summed E-state index contributed by atoms with van der Waals surface area (Å²) in [5, 5.41) is 16.4. The van der Waals surface area contributed by atoms with E-state index in [2.05, 4.69) is 15.8 Å². The van der Waals surface area contributed by atoms with Crippen LogP contribution in [0.2, 0.25) is 0 Å². The standard InChI is InChI=1S/C19H21N3O4S/c1-3-20-19(27)22-21-11-14-6-9-16(17(10-14)25-2)26-12-13-4-7-15(8-5-13)18(23)24/h4-11H,3,12H2,1-2H3,(H,23,24)(H2,20,22,27)/b21-11+. The number of benzene rings is 2. The van der Waals surface area contributed by atoms with Crippen molar-refractivity contribution in [3.8, 4) is 11.5 Å². The molecule has 0 amide bonds. The second-order valence-corrected chi connectivity index (χ2v) is 5.84. The lowest BCUT2D eigenvalue weighted by Crippen LogP contribution is -2.31. The molecule has 0 unspecified atom stereocenters. The average Bonchev–Trinajstić information content (AvgIpc) is 2.67. The fourth-order valence-electron chi connectivity index (χ4n) is 2.15. The lowest BCUT2D eigenvalue weighted by atomic mass is 10.1. The number of methoxy groups -OCH3 is 1. The van der Waals surface area contributed by atoms with E-state index in [1.54, 1.807) is 49.7 Å². The SMILES string of the molecule is CCNC(=S)N/N=C/c1ccc(OCc2ccc(C(=O)O)cc2)c(OC)c1. The van der Waals surface area contributed by atoms with Gasteiger partial charge >= 0.3 is 5.97 Å². The van der Waals surface area contributed by atoms with E-state index in [1.165, 1.54) is 0 Å². The molecule has 8 heteroatoms. The van der Waals surface area contributed by atoms with Gasteiger partial charge in [0.15, 0.2) is 16.6 Å². The van der Waals surface area contributed by atoms with Crippen molar-refractivity contribution in [2.45, 2.75) is 13.5 Å². The van der Waals surface area contributed by atoms with Crippen molar-refractivity contribution in [2.24, 2.45) is 5.10 Å². The minimum atomic E-state index is -0.956. The predicted octanol–water partition coefficient (Wildman–Crippen LogP) is 2.79. The summed E-state index contributed by atoms with van der Waals surface area (Å²) >= 11 is 5.03. The smallest absolute Gasteiger partial charge is 0.335 e. The van der Waals surface area contributed by atoms with Crippen molar-refractivity contribution in [3.63, 3.8) is 0 Å². The largest absolute Gasteiger partial charge is 0.493 e. The summed E-state index contributed by atoms with van der Waals surface area (Å²) < 4.78 is 11.1. The van der Waals surface area contributed by atoms with E-state index >= 15 is 0 Å². The molecule has 0 fully saturated rings. The Hall–Kier alpha value is -3.13. The van der Waals surface area contributed by atoms with Crippen molar-refractivity contribution in [1.29, 1.82) is 0 Å². The van der Waals surface area contributed by atoms with Gasteiger partial charge in [0.05, 0.1) is 18.9 Å². The van der Waals surface area contributed by atoms with Gasteiger partial charge < -0.3 is 19.9 Å². The zero-order chi connectivity index (χ0) is 19.6. The molecule has 142 valence electrons. The number of carboxylic acid groups (broad SMARTS) is 1. The van der Waals surface area contributed by atoms with Crippen LogP contribution in [0.15, 0.2) is 47.6 Å². The molecule has 0 aliphatic rings. The topological polar surface area (TPSA) is 92.2 Å². The fraction of sp³-hybridized carbons (Fsp3) is 0.211. The highest BCUT2D eigenvalue weighted by atomic mass is 32.1. The Kier molecular flexibility index (Phi) is 7.57. The van der Waals surface area contributed by atoms with Crippen LogP contribution >= 0.6 is 12.2 Å². The summed E-state index contributed by atoms with van der Waals surface area (Å²) in [6.45, 7) is 2.96. The van der Waals surface area contributed by atoms with Crippen LogP contribution in [0.25, 0.3) is 0 Å². The molecule has 27 heavy (non-hydrogen) atoms. The van der Waals surface area contributed by atoms with E-state index in [0.717, 1.165) is 17.7 Å². The number of hydrazone groups is 1. The molecular formula is C19H21N3O4S. The zero-order valence-electron chi connectivity index (χ0n) is 15.1. The number of hydrogen-bond acceptors (Lipinski definition) is 5. The molecule has 0 bridgehead atoms. The van der Waals surface area contributed by atoms with Crippen LogP contribution in [0.3, 0.4) is 0 Å². The molecule has 2 rings (SSSR count). The molecule has 0 atom stereocenters. The Morgan fingerprint density at radius 2 is 1.96 bits per heavy atom. The van der Waals surface area contributed by atoms with Crippen LogP contribution < -0.4 is 20.2 Å². The van der Waals surface area contributed by atoms with E-state index in [9.17, 15) is 4.79 Å². The molecule has 0 aliphatic heterocycles. The maximum Gasteiger partial charge on any atom is 0.335 e. The molecule has 0 saturated carbocycles. The fourth-order valence-corrected chi connectivity index (χ4v) is 2.35. The van der Waals surface area contributed by atoms with Gasteiger partial charge in [-0.2, -0.15) is 5.10 Å². The van der Waals surface area contributed by atoms with Crippen molar-refractivity contribution in [2.75, 3.05) is 13.7 Å². The van der Waals surface area contributed by atoms with E-state index in [0.29, 0.717) is 23.2 Å². The molecule has 3 N–H and O–H groups in total. The highest BCUT2D eigenvalue weighted by Gasteiger charge is 2.07. The minimum Gasteiger partial charge on any atom is -0.493 e. The van der Waals surface area contributed by atoms with Gasteiger partial charge in [-0.1, -0.05) is 12.1 Å². The van der Waals surface area contributed by atoms with E-state index in [1.807, 2.05) is 13.0 Å². The Bertz CT molecular complexity index is 822. The number of nitrogens with zero attached hydrogens (tertiary/aromatic N) is 1. The quantitative estimate of drug-likeness (QED) is 0.364. The molecule has 0 aromatic heterocycles. The van der Waals surface area contributed by atoms with Crippen LogP contribution in [-0.2, 0) is 6.61 Å². The van der Waals surface area contributed by atoms with Gasteiger partial charge in [-0.3, -0.25) is 5.43 Å². The first-order valence-electron chi connectivity index (χ1n) is 8.23. The summed E-state index contributed by atoms with van der Waals surface area (Å²) in [6, 6.07) is 11.9. The number of carboxylic acids is 1. The van der Waals surface area contributed by atoms with Crippen LogP contribution in [0.5, 0.6) is 11.5 Å². The molecule has 0 spiro atoms. The summed E-state index contributed by atoms with van der Waals surface area (Å²) in [5.74, 6) is 0.186. The predicted molar refractivity (Wildman–Crippen MR) is 108 cm³/mol. The number of hydrogen-bond donors (Lipinski definition) is 3. The first kappa shape index (κ1) is 20.2. The summed E-state index contributed by atoms with van der Waals surface area (Å²) in [5.41, 5.74) is 4.63. The zero-order valence-corrected chi connectivity index (χ0v) is 15.9. The second-order valence-electron chi connectivity index (χ2n) is 5.43. The number of ether oxygens (including phenoxy) is 2. The Balaban J connectivity index is 2.00. The van der Waals surface area contributed by atoms with E-state index < -0.39 is 5.97 Å². The number of thiocarbonyl (C=S) groups is 1. The Labute approximate surface area is 163 Å². The van der Waals surface area contributed by atoms with Crippen molar-refractivity contribution in [1.82, 2.24) is 10.7 Å². The normalized spacial score (nSPS) is 10.4. The lowest BCUT2D eigenvalue weighted by Gasteiger charge is -2.11. The molecule has 0 heterocycles. The molecule has 0 radical (unpaired) electrons. The highest BCUT2D eigenvalue weighted by Crippen LogP contribution is 2.28. The molecule has 2 aromatic rings. The maximum atomic E-state index is 10.9. The molecular weight excluding hydrogens is 366 g/mol. The monoisotopic (exact) mass is 387 g/mol. The van der Waals surface area contributed by atoms with Gasteiger partial charge in [-0.25, -0.2) is 4.79 Å². The molecule has 7 nitrogen and oxygen atoms in total. The third-order valence-corrected chi connectivity index (χ3v) is 3.74. The Morgan fingerprint density at radius 3 is 2.59 bits per heavy atom. The molecule has 0 saturated heterocycles. The van der Waals surface area contributed by atoms with Gasteiger partial charge in [0.1, 0.15) is 6.61 Å². The number of rotatable bonds is 8. The third kappa shape index (κ3) is 6.27.